The number of hydrogen-bond acceptors (Lipinski definition) is 6. The smallest absolute Gasteiger partial charge is 0.410 e. The van der Waals surface area contributed by atoms with Crippen molar-refractivity contribution in [2.75, 3.05) is 14.2 Å². The summed E-state index contributed by atoms with van der Waals surface area (Å²) in [5.41, 5.74) is 2.39. The average Bonchev–Trinajstić information content (AvgIpc) is 3.42. The molecule has 5 rings (SSSR count). The maximum Gasteiger partial charge on any atom is 0.410 e. The van der Waals surface area contributed by atoms with Crippen molar-refractivity contribution in [3.8, 4) is 16.9 Å². The van der Waals surface area contributed by atoms with Crippen LogP contribution in [0, 0.1) is 11.6 Å². The van der Waals surface area contributed by atoms with Crippen LogP contribution < -0.4 is 4.74 Å². The number of carbonyl (C=O) groups is 3. The van der Waals surface area contributed by atoms with Gasteiger partial charge in [-0.25, -0.2) is 13.6 Å². The first kappa shape index (κ1) is 34.3. The Balaban J connectivity index is 1.49. The molecule has 4 aromatic rings. The van der Waals surface area contributed by atoms with E-state index in [1.54, 1.807) is 36.1 Å². The van der Waals surface area contributed by atoms with Gasteiger partial charge in [0.05, 0.1) is 22.2 Å². The van der Waals surface area contributed by atoms with E-state index in [0.29, 0.717) is 37.0 Å². The predicted molar refractivity (Wildman–Crippen MR) is 180 cm³/mol. The number of aldehydes is 1. The highest BCUT2D eigenvalue weighted by molar-refractivity contribution is 7.21. The van der Waals surface area contributed by atoms with Crippen LogP contribution >= 0.6 is 22.9 Å². The van der Waals surface area contributed by atoms with E-state index in [1.807, 2.05) is 51.1 Å². The number of thiophene rings is 1. The molecule has 1 aliphatic rings. The van der Waals surface area contributed by atoms with Gasteiger partial charge in [-0.05, 0) is 81.8 Å². The highest BCUT2D eigenvalue weighted by atomic mass is 35.5. The number of methoxy groups -OCH3 is 1. The molecule has 0 atom stereocenters. The van der Waals surface area contributed by atoms with Crippen LogP contribution in [0.4, 0.5) is 13.6 Å². The Morgan fingerprint density at radius 2 is 1.57 bits per heavy atom. The number of ether oxygens (including phenoxy) is 2. The molecule has 1 saturated carbocycles. The van der Waals surface area contributed by atoms with Crippen LogP contribution in [-0.2, 0) is 11.3 Å². The molecule has 0 bridgehead atoms. The van der Waals surface area contributed by atoms with E-state index in [-0.39, 0.29) is 38.6 Å². The van der Waals surface area contributed by atoms with Gasteiger partial charge in [0.25, 0.3) is 5.91 Å². The number of benzene rings is 3. The van der Waals surface area contributed by atoms with E-state index < -0.39 is 29.2 Å². The molecule has 47 heavy (non-hydrogen) atoms. The van der Waals surface area contributed by atoms with Crippen LogP contribution in [0.1, 0.15) is 72.0 Å². The second kappa shape index (κ2) is 14.0. The van der Waals surface area contributed by atoms with Gasteiger partial charge in [-0.3, -0.25) is 9.59 Å². The fourth-order valence-electron chi connectivity index (χ4n) is 5.99. The van der Waals surface area contributed by atoms with E-state index >= 15 is 0 Å². The standard InChI is InChI=1S/C36H37ClF2N2O5S/c1-36(2,3)46-35(44)40(4)25-11-13-26(14-12-25)41(34(43)33-31(37)30-27(38)15-16-28(39)32(30)47-33)19-24-18-23(10-17-29(24)45-5)22-8-6-21(20-42)7-9-22/h6-10,15-18,20,25-26H,11-14,19H2,1-5H3/t25-,26-. The summed E-state index contributed by atoms with van der Waals surface area (Å²) < 4.78 is 40.8. The van der Waals surface area contributed by atoms with Crippen molar-refractivity contribution in [1.29, 1.82) is 0 Å². The Bertz CT molecular complexity index is 1800. The van der Waals surface area contributed by atoms with Crippen molar-refractivity contribution in [2.24, 2.45) is 0 Å². The molecule has 7 nitrogen and oxygen atoms in total. The summed E-state index contributed by atoms with van der Waals surface area (Å²) in [6, 6.07) is 14.5. The van der Waals surface area contributed by atoms with Gasteiger partial charge in [-0.1, -0.05) is 41.9 Å². The van der Waals surface area contributed by atoms with Gasteiger partial charge < -0.3 is 19.3 Å². The van der Waals surface area contributed by atoms with E-state index in [1.165, 1.54) is 0 Å². The highest BCUT2D eigenvalue weighted by Gasteiger charge is 2.35. The van der Waals surface area contributed by atoms with Crippen LogP contribution in [0.5, 0.6) is 5.75 Å². The Labute approximate surface area is 282 Å². The minimum Gasteiger partial charge on any atom is -0.496 e. The molecule has 0 saturated heterocycles. The van der Waals surface area contributed by atoms with Crippen molar-refractivity contribution in [1.82, 2.24) is 9.80 Å². The summed E-state index contributed by atoms with van der Waals surface area (Å²) in [5.74, 6) is -1.23. The number of hydrogen-bond donors (Lipinski definition) is 0. The number of halogens is 3. The molecule has 2 amide bonds. The third kappa shape index (κ3) is 7.44. The molecule has 1 aromatic heterocycles. The fraction of sp³-hybridized carbons (Fsp3) is 0.361. The first-order valence-electron chi connectivity index (χ1n) is 15.4. The second-order valence-electron chi connectivity index (χ2n) is 12.7. The molecule has 0 aliphatic heterocycles. The van der Waals surface area contributed by atoms with Crippen LogP contribution in [0.3, 0.4) is 0 Å². The molecule has 0 unspecified atom stereocenters. The van der Waals surface area contributed by atoms with Gasteiger partial charge in [0.2, 0.25) is 0 Å². The lowest BCUT2D eigenvalue weighted by atomic mass is 9.89. The van der Waals surface area contributed by atoms with E-state index in [0.717, 1.165) is 46.4 Å². The number of amides is 2. The second-order valence-corrected chi connectivity index (χ2v) is 14.1. The zero-order valence-corrected chi connectivity index (χ0v) is 28.5. The first-order chi connectivity index (χ1) is 22.3. The Hall–Kier alpha value is -4.02. The number of nitrogens with zero attached hydrogens (tertiary/aromatic N) is 2. The third-order valence-corrected chi connectivity index (χ3v) is 10.2. The number of carbonyl (C=O) groups excluding carboxylic acids is 3. The zero-order chi connectivity index (χ0) is 34.0. The topological polar surface area (TPSA) is 76.2 Å². The molecule has 1 aliphatic carbocycles. The normalized spacial score (nSPS) is 16.5. The molecule has 3 aromatic carbocycles. The summed E-state index contributed by atoms with van der Waals surface area (Å²) in [6.07, 6.45) is 2.76. The monoisotopic (exact) mass is 682 g/mol. The SMILES string of the molecule is COc1ccc(-c2ccc(C=O)cc2)cc1CN(C(=O)c1sc2c(F)ccc(F)c2c1Cl)[C@H]1CC[C@H](N(C)C(=O)OC(C)(C)C)CC1. The largest absolute Gasteiger partial charge is 0.496 e. The molecule has 0 N–H and O–H groups in total. The van der Waals surface area contributed by atoms with Crippen LogP contribution in [0.15, 0.2) is 54.6 Å². The van der Waals surface area contributed by atoms with Gasteiger partial charge in [0.1, 0.15) is 34.1 Å². The van der Waals surface area contributed by atoms with Gasteiger partial charge in [-0.15, -0.1) is 11.3 Å². The Kier molecular flexibility index (Phi) is 10.2. The lowest BCUT2D eigenvalue weighted by Crippen LogP contribution is -2.47. The fourth-order valence-corrected chi connectivity index (χ4v) is 7.50. The minimum absolute atomic E-state index is 0.0145. The number of fused-ring (bicyclic) bond motifs is 1. The molecule has 11 heteroatoms. The highest BCUT2D eigenvalue weighted by Crippen LogP contribution is 2.41. The van der Waals surface area contributed by atoms with Crippen molar-refractivity contribution >= 4 is 51.3 Å². The van der Waals surface area contributed by atoms with Crippen LogP contribution in [-0.4, -0.2) is 59.9 Å². The van der Waals surface area contributed by atoms with Crippen molar-refractivity contribution in [3.63, 3.8) is 0 Å². The Morgan fingerprint density at radius 1 is 0.957 bits per heavy atom. The maximum atomic E-state index is 14.8. The van der Waals surface area contributed by atoms with Crippen LogP contribution in [0.25, 0.3) is 21.2 Å². The Morgan fingerprint density at radius 3 is 2.17 bits per heavy atom. The predicted octanol–water partition coefficient (Wildman–Crippen LogP) is 9.14. The first-order valence-corrected chi connectivity index (χ1v) is 16.6. The van der Waals surface area contributed by atoms with Crippen LogP contribution in [0.2, 0.25) is 5.02 Å². The molecular formula is C36H37ClF2N2O5S. The maximum absolute atomic E-state index is 14.8. The van der Waals surface area contributed by atoms with E-state index in [4.69, 9.17) is 21.1 Å². The molecule has 0 radical (unpaired) electrons. The summed E-state index contributed by atoms with van der Waals surface area (Å²) >= 11 is 7.44. The summed E-state index contributed by atoms with van der Waals surface area (Å²) in [5, 5.41) is -0.229. The van der Waals surface area contributed by atoms with Crippen molar-refractivity contribution in [2.45, 2.75) is 70.7 Å². The lowest BCUT2D eigenvalue weighted by Gasteiger charge is -2.40. The molecule has 1 heterocycles. The molecular weight excluding hydrogens is 646 g/mol. The summed E-state index contributed by atoms with van der Waals surface area (Å²) in [7, 11) is 3.27. The summed E-state index contributed by atoms with van der Waals surface area (Å²) in [6.45, 7) is 5.59. The molecule has 1 fully saturated rings. The third-order valence-electron chi connectivity index (χ3n) is 8.47. The van der Waals surface area contributed by atoms with E-state index in [9.17, 15) is 23.2 Å². The van der Waals surface area contributed by atoms with Gasteiger partial charge in [0.15, 0.2) is 0 Å². The van der Waals surface area contributed by atoms with Gasteiger partial charge in [0, 0.05) is 36.8 Å². The average molecular weight is 683 g/mol. The van der Waals surface area contributed by atoms with Gasteiger partial charge >= 0.3 is 6.09 Å². The lowest BCUT2D eigenvalue weighted by molar-refractivity contribution is 0.0144. The molecule has 248 valence electrons. The van der Waals surface area contributed by atoms with E-state index in [2.05, 4.69) is 0 Å². The zero-order valence-electron chi connectivity index (χ0n) is 26.9. The van der Waals surface area contributed by atoms with Gasteiger partial charge in [-0.2, -0.15) is 0 Å². The van der Waals surface area contributed by atoms with Crippen molar-refractivity contribution < 1.29 is 32.6 Å². The minimum atomic E-state index is -0.700. The quantitative estimate of drug-likeness (QED) is 0.173. The molecule has 0 spiro atoms. The number of rotatable bonds is 8. The van der Waals surface area contributed by atoms with Crippen molar-refractivity contribution in [3.05, 3.63) is 87.3 Å². The summed E-state index contributed by atoms with van der Waals surface area (Å²) in [4.78, 5) is 41.7.